The van der Waals surface area contributed by atoms with Gasteiger partial charge in [-0.05, 0) is 103 Å². The fourth-order valence-electron chi connectivity index (χ4n) is 7.06. The Kier molecular flexibility index (Phi) is 7.44. The first kappa shape index (κ1) is 26.6. The lowest BCUT2D eigenvalue weighted by Crippen LogP contribution is -2.28. The second-order valence-electron chi connectivity index (χ2n) is 11.1. The normalized spacial score (nSPS) is 24.5. The quantitative estimate of drug-likeness (QED) is 0.380. The Balaban J connectivity index is 1.84. The molecule has 4 heteroatoms. The summed E-state index contributed by atoms with van der Waals surface area (Å²) in [7, 11) is 0. The molecule has 2 aromatic rings. The SMILES string of the molecule is CCC1=C(CC)C2/C=c3\[nH]/c(c(CC)c3CC)=C\C3=NC(=C\c4cc(CC)c([nH]4)/C=C/1N2)/CC3(CC)CC. The minimum absolute atomic E-state index is 0.0892. The fourth-order valence-corrected chi connectivity index (χ4v) is 7.06. The van der Waals surface area contributed by atoms with E-state index in [2.05, 4.69) is 94.1 Å². The van der Waals surface area contributed by atoms with Crippen molar-refractivity contribution >= 4 is 30.0 Å². The highest BCUT2D eigenvalue weighted by Crippen LogP contribution is 2.43. The van der Waals surface area contributed by atoms with Crippen LogP contribution >= 0.6 is 0 Å². The number of H-pyrrole nitrogens is 2. The van der Waals surface area contributed by atoms with Gasteiger partial charge in [-0.25, -0.2) is 0 Å². The van der Waals surface area contributed by atoms with Crippen molar-refractivity contribution < 1.29 is 0 Å². The predicted octanol–water partition coefficient (Wildman–Crippen LogP) is 6.73. The molecule has 202 valence electrons. The lowest BCUT2D eigenvalue weighted by atomic mass is 9.76. The van der Waals surface area contributed by atoms with Crippen molar-refractivity contribution in [2.45, 2.75) is 106 Å². The Morgan fingerprint density at radius 2 is 1.55 bits per heavy atom. The summed E-state index contributed by atoms with van der Waals surface area (Å²) in [6, 6.07) is 2.53. The lowest BCUT2D eigenvalue weighted by molar-refractivity contribution is 0.404. The van der Waals surface area contributed by atoms with Crippen molar-refractivity contribution in [3.05, 3.63) is 67.4 Å². The zero-order chi connectivity index (χ0) is 27.0. The maximum Gasteiger partial charge on any atom is 0.0687 e. The number of aromatic nitrogens is 2. The molecule has 1 atom stereocenters. The number of hydrogen-bond donors (Lipinski definition) is 3. The predicted molar refractivity (Wildman–Crippen MR) is 163 cm³/mol. The van der Waals surface area contributed by atoms with Gasteiger partial charge < -0.3 is 15.3 Å². The third-order valence-electron chi connectivity index (χ3n) is 9.37. The minimum Gasteiger partial charge on any atom is -0.375 e. The highest BCUT2D eigenvalue weighted by Gasteiger charge is 2.37. The Hall–Kier alpha value is -3.01. The van der Waals surface area contributed by atoms with Gasteiger partial charge in [-0.15, -0.1) is 0 Å². The average molecular weight is 511 g/mol. The van der Waals surface area contributed by atoms with Crippen LogP contribution in [0.15, 0.2) is 33.6 Å². The standard InChI is InChI=1S/C34H46N4/c1-8-21-15-22-16-23-20-34(13-6,14-7)33(36-23)19-32-27(12-5)26(11-4)31(38-32)18-30-25(10-3)24(9-2)29(37-30)17-28(21)35-22/h15-19,30,35,37-38H,8-14,20H2,1-7H3/b23-16-,29-17-,31-18-,32-19-. The van der Waals surface area contributed by atoms with Crippen molar-refractivity contribution in [1.29, 1.82) is 0 Å². The van der Waals surface area contributed by atoms with E-state index in [1.807, 2.05) is 0 Å². The first-order valence-corrected chi connectivity index (χ1v) is 15.1. The van der Waals surface area contributed by atoms with Crippen LogP contribution in [-0.2, 0) is 19.3 Å². The zero-order valence-corrected chi connectivity index (χ0v) is 24.6. The second kappa shape index (κ2) is 10.6. The maximum absolute atomic E-state index is 5.29. The largest absolute Gasteiger partial charge is 0.375 e. The number of nitrogens with zero attached hydrogens (tertiary/aromatic N) is 1. The summed E-state index contributed by atoms with van der Waals surface area (Å²) in [6.07, 6.45) is 17.8. The summed E-state index contributed by atoms with van der Waals surface area (Å²) in [4.78, 5) is 12.9. The van der Waals surface area contributed by atoms with Crippen LogP contribution in [0.2, 0.25) is 0 Å². The lowest BCUT2D eigenvalue weighted by Gasteiger charge is -2.26. The van der Waals surface area contributed by atoms with Crippen molar-refractivity contribution in [2.24, 2.45) is 10.4 Å². The van der Waals surface area contributed by atoms with E-state index in [9.17, 15) is 0 Å². The Morgan fingerprint density at radius 1 is 0.816 bits per heavy atom. The van der Waals surface area contributed by atoms with Gasteiger partial charge in [0.15, 0.2) is 0 Å². The van der Waals surface area contributed by atoms with Gasteiger partial charge >= 0.3 is 0 Å². The molecule has 0 aromatic carbocycles. The molecule has 2 aromatic heterocycles. The van der Waals surface area contributed by atoms with Crippen LogP contribution in [0.1, 0.15) is 109 Å². The van der Waals surface area contributed by atoms with E-state index in [1.165, 1.54) is 61.3 Å². The van der Waals surface area contributed by atoms with Gasteiger partial charge in [0.2, 0.25) is 0 Å². The Bertz CT molecular complexity index is 1460. The molecule has 38 heavy (non-hydrogen) atoms. The van der Waals surface area contributed by atoms with Crippen molar-refractivity contribution in [3.8, 4) is 0 Å². The summed E-state index contributed by atoms with van der Waals surface area (Å²) in [5, 5.41) is 6.43. The fraction of sp³-hybridized carbons (Fsp3) is 0.500. The molecule has 0 fully saturated rings. The summed E-state index contributed by atoms with van der Waals surface area (Å²) in [5.74, 6) is 0. The summed E-state index contributed by atoms with van der Waals surface area (Å²) < 4.78 is 0. The number of aromatic amines is 2. The van der Waals surface area contributed by atoms with Gasteiger partial charge in [-0.1, -0.05) is 48.5 Å². The summed E-state index contributed by atoms with van der Waals surface area (Å²) in [5.41, 5.74) is 13.4. The molecule has 0 saturated carbocycles. The zero-order valence-electron chi connectivity index (χ0n) is 24.6. The Labute approximate surface area is 228 Å². The van der Waals surface area contributed by atoms with Crippen LogP contribution < -0.4 is 16.0 Å². The molecule has 3 aliphatic heterocycles. The van der Waals surface area contributed by atoms with Crippen LogP contribution in [0.3, 0.4) is 0 Å². The molecule has 8 bridgehead atoms. The highest BCUT2D eigenvalue weighted by atomic mass is 15.0. The van der Waals surface area contributed by atoms with E-state index in [-0.39, 0.29) is 11.5 Å². The number of allylic oxidation sites excluding steroid dienone is 2. The highest BCUT2D eigenvalue weighted by molar-refractivity contribution is 6.15. The first-order chi connectivity index (χ1) is 18.4. The molecule has 5 heterocycles. The van der Waals surface area contributed by atoms with Crippen LogP contribution in [0, 0.1) is 5.41 Å². The molecule has 0 saturated heterocycles. The van der Waals surface area contributed by atoms with Crippen molar-refractivity contribution in [3.63, 3.8) is 0 Å². The van der Waals surface area contributed by atoms with E-state index in [1.54, 1.807) is 0 Å². The maximum atomic E-state index is 5.29. The molecule has 4 nitrogen and oxygen atoms in total. The first-order valence-electron chi connectivity index (χ1n) is 15.1. The smallest absolute Gasteiger partial charge is 0.0687 e. The molecule has 3 aliphatic rings. The van der Waals surface area contributed by atoms with Gasteiger partial charge in [-0.3, -0.25) is 4.99 Å². The van der Waals surface area contributed by atoms with Crippen molar-refractivity contribution in [2.75, 3.05) is 0 Å². The summed E-state index contributed by atoms with van der Waals surface area (Å²) >= 11 is 0. The molecule has 0 radical (unpaired) electrons. The number of aliphatic imine (C=N–C) groups is 1. The van der Waals surface area contributed by atoms with Gasteiger partial charge in [0.1, 0.15) is 0 Å². The van der Waals surface area contributed by atoms with Crippen LogP contribution in [0.5, 0.6) is 0 Å². The van der Waals surface area contributed by atoms with Gasteiger partial charge in [0.05, 0.1) is 6.04 Å². The van der Waals surface area contributed by atoms with E-state index in [0.29, 0.717) is 0 Å². The molecule has 0 aliphatic carbocycles. The number of fused-ring (bicyclic) bond motifs is 7. The monoisotopic (exact) mass is 510 g/mol. The molecule has 0 spiro atoms. The number of hydrogen-bond acceptors (Lipinski definition) is 2. The molecular formula is C34H46N4. The Morgan fingerprint density at radius 3 is 2.18 bits per heavy atom. The molecular weight excluding hydrogens is 464 g/mol. The van der Waals surface area contributed by atoms with E-state index >= 15 is 0 Å². The summed E-state index contributed by atoms with van der Waals surface area (Å²) in [6.45, 7) is 16.1. The number of rotatable bonds is 7. The molecule has 0 amide bonds. The molecule has 1 unspecified atom stereocenters. The topological polar surface area (TPSA) is 56.0 Å². The minimum atomic E-state index is 0.0892. The van der Waals surface area contributed by atoms with Crippen LogP contribution in [0.4, 0.5) is 0 Å². The van der Waals surface area contributed by atoms with Crippen LogP contribution in [0.25, 0.3) is 24.3 Å². The van der Waals surface area contributed by atoms with Gasteiger partial charge in [0, 0.05) is 51.0 Å². The van der Waals surface area contributed by atoms with Gasteiger partial charge in [-0.2, -0.15) is 0 Å². The average Bonchev–Trinajstić information content (AvgIpc) is 3.66. The third kappa shape index (κ3) is 4.36. The van der Waals surface area contributed by atoms with Gasteiger partial charge in [0.25, 0.3) is 0 Å². The number of nitrogens with one attached hydrogen (secondary N) is 3. The van der Waals surface area contributed by atoms with E-state index < -0.39 is 0 Å². The third-order valence-corrected chi connectivity index (χ3v) is 9.37. The van der Waals surface area contributed by atoms with E-state index in [4.69, 9.17) is 4.99 Å². The molecule has 3 N–H and O–H groups in total. The number of aryl methyl sites for hydroxylation is 1. The molecule has 5 rings (SSSR count). The van der Waals surface area contributed by atoms with E-state index in [0.717, 1.165) is 57.1 Å². The van der Waals surface area contributed by atoms with Crippen LogP contribution in [-0.4, -0.2) is 21.7 Å². The second-order valence-corrected chi connectivity index (χ2v) is 11.1. The van der Waals surface area contributed by atoms with Crippen molar-refractivity contribution in [1.82, 2.24) is 15.3 Å².